The fourth-order valence-corrected chi connectivity index (χ4v) is 2.58. The van der Waals surface area contributed by atoms with Crippen LogP contribution in [0, 0.1) is 10.1 Å². The summed E-state index contributed by atoms with van der Waals surface area (Å²) in [6, 6.07) is 6.58. The van der Waals surface area contributed by atoms with Gasteiger partial charge in [-0.3, -0.25) is 14.9 Å². The Balaban J connectivity index is 1.74. The molecule has 1 aliphatic heterocycles. The second kappa shape index (κ2) is 5.20. The smallest absolute Gasteiger partial charge is 0.269 e. The van der Waals surface area contributed by atoms with Gasteiger partial charge in [-0.25, -0.2) is 0 Å². The number of benzene rings is 1. The van der Waals surface area contributed by atoms with Gasteiger partial charge in [-0.05, 0) is 37.8 Å². The number of carbonyl (C=O) groups is 1. The summed E-state index contributed by atoms with van der Waals surface area (Å²) >= 11 is 0. The maximum Gasteiger partial charge on any atom is 0.269 e. The second-order valence-electron chi connectivity index (χ2n) is 5.40. The standard InChI is InChI=1S/C14H17N3O3/c18-14-13(15-10-3-4-10)2-1-9-16(14)11-5-7-12(8-6-11)17(19)20/h5-8,10,13,15H,1-4,9H2. The molecule has 1 N–H and O–H groups in total. The predicted octanol–water partition coefficient (Wildman–Crippen LogP) is 1.84. The third kappa shape index (κ3) is 2.65. The van der Waals surface area contributed by atoms with E-state index in [0.29, 0.717) is 12.6 Å². The van der Waals surface area contributed by atoms with Crippen molar-refractivity contribution in [1.82, 2.24) is 5.32 Å². The Hall–Kier alpha value is -1.95. The molecule has 6 nitrogen and oxygen atoms in total. The molecule has 1 unspecified atom stereocenters. The van der Waals surface area contributed by atoms with E-state index in [9.17, 15) is 14.9 Å². The summed E-state index contributed by atoms with van der Waals surface area (Å²) in [5.74, 6) is 0.0806. The number of rotatable bonds is 4. The highest BCUT2D eigenvalue weighted by Crippen LogP contribution is 2.26. The Bertz CT molecular complexity index is 525. The van der Waals surface area contributed by atoms with Gasteiger partial charge >= 0.3 is 0 Å². The molecule has 20 heavy (non-hydrogen) atoms. The lowest BCUT2D eigenvalue weighted by atomic mass is 10.0. The van der Waals surface area contributed by atoms with Gasteiger partial charge in [0.15, 0.2) is 0 Å². The first-order chi connectivity index (χ1) is 9.65. The molecule has 1 aromatic carbocycles. The van der Waals surface area contributed by atoms with Crippen LogP contribution in [0.4, 0.5) is 11.4 Å². The van der Waals surface area contributed by atoms with Gasteiger partial charge in [0.25, 0.3) is 5.69 Å². The Kier molecular flexibility index (Phi) is 3.40. The number of carbonyl (C=O) groups excluding carboxylic acids is 1. The molecule has 1 saturated heterocycles. The van der Waals surface area contributed by atoms with Crippen LogP contribution in [-0.4, -0.2) is 29.5 Å². The van der Waals surface area contributed by atoms with Gasteiger partial charge in [-0.15, -0.1) is 0 Å². The largest absolute Gasteiger partial charge is 0.311 e. The van der Waals surface area contributed by atoms with Gasteiger partial charge in [-0.2, -0.15) is 0 Å². The molecule has 6 heteroatoms. The molecule has 1 atom stereocenters. The van der Waals surface area contributed by atoms with Crippen LogP contribution in [0.25, 0.3) is 0 Å². The highest BCUT2D eigenvalue weighted by molar-refractivity contribution is 5.98. The van der Waals surface area contributed by atoms with Gasteiger partial charge in [0.05, 0.1) is 11.0 Å². The van der Waals surface area contributed by atoms with Crippen LogP contribution in [0.3, 0.4) is 0 Å². The van der Waals surface area contributed by atoms with Crippen molar-refractivity contribution in [2.24, 2.45) is 0 Å². The topological polar surface area (TPSA) is 75.5 Å². The van der Waals surface area contributed by atoms with Crippen LogP contribution in [0.5, 0.6) is 0 Å². The third-order valence-electron chi connectivity index (χ3n) is 3.83. The maximum atomic E-state index is 12.4. The number of hydrogen-bond donors (Lipinski definition) is 1. The zero-order valence-corrected chi connectivity index (χ0v) is 11.1. The van der Waals surface area contributed by atoms with Crippen molar-refractivity contribution in [3.63, 3.8) is 0 Å². The van der Waals surface area contributed by atoms with Crippen LogP contribution < -0.4 is 10.2 Å². The molecule has 1 aliphatic carbocycles. The van der Waals surface area contributed by atoms with Crippen molar-refractivity contribution in [2.75, 3.05) is 11.4 Å². The minimum absolute atomic E-state index is 0.0471. The lowest BCUT2D eigenvalue weighted by molar-refractivity contribution is -0.384. The van der Waals surface area contributed by atoms with Gasteiger partial charge in [-0.1, -0.05) is 0 Å². The molecule has 1 saturated carbocycles. The Morgan fingerprint density at radius 2 is 1.90 bits per heavy atom. The van der Waals surface area contributed by atoms with E-state index in [0.717, 1.165) is 31.4 Å². The van der Waals surface area contributed by atoms with E-state index in [1.807, 2.05) is 0 Å². The number of nitrogens with one attached hydrogen (secondary N) is 1. The number of nitro groups is 1. The fraction of sp³-hybridized carbons (Fsp3) is 0.500. The monoisotopic (exact) mass is 275 g/mol. The first-order valence-corrected chi connectivity index (χ1v) is 6.97. The Labute approximate surface area is 116 Å². The van der Waals surface area contributed by atoms with Crippen LogP contribution in [0.2, 0.25) is 0 Å². The number of nitrogens with zero attached hydrogens (tertiary/aromatic N) is 2. The number of non-ortho nitro benzene ring substituents is 1. The van der Waals surface area contributed by atoms with Crippen LogP contribution in [0.15, 0.2) is 24.3 Å². The molecule has 1 aromatic rings. The average molecular weight is 275 g/mol. The molecule has 2 aliphatic rings. The molecule has 0 aromatic heterocycles. The van der Waals surface area contributed by atoms with Gasteiger partial charge in [0.1, 0.15) is 0 Å². The van der Waals surface area contributed by atoms with Crippen LogP contribution >= 0.6 is 0 Å². The summed E-state index contributed by atoms with van der Waals surface area (Å²) in [6.45, 7) is 0.680. The molecule has 106 valence electrons. The van der Waals surface area contributed by atoms with Gasteiger partial charge in [0.2, 0.25) is 5.91 Å². The summed E-state index contributed by atoms with van der Waals surface area (Å²) in [5.41, 5.74) is 0.786. The zero-order chi connectivity index (χ0) is 14.1. The van der Waals surface area contributed by atoms with E-state index in [4.69, 9.17) is 0 Å². The number of hydrogen-bond acceptors (Lipinski definition) is 4. The SMILES string of the molecule is O=C1C(NC2CC2)CCCN1c1ccc([N+](=O)[O-])cc1. The maximum absolute atomic E-state index is 12.4. The van der Waals surface area contributed by atoms with E-state index in [2.05, 4.69) is 5.32 Å². The molecular formula is C14H17N3O3. The summed E-state index contributed by atoms with van der Waals surface area (Å²) in [5, 5.41) is 14.0. The highest BCUT2D eigenvalue weighted by atomic mass is 16.6. The van der Waals surface area contributed by atoms with Crippen molar-refractivity contribution in [3.05, 3.63) is 34.4 Å². The van der Waals surface area contributed by atoms with Crippen molar-refractivity contribution < 1.29 is 9.72 Å². The molecule has 1 amide bonds. The van der Waals surface area contributed by atoms with E-state index in [-0.39, 0.29) is 17.6 Å². The number of piperidine rings is 1. The van der Waals surface area contributed by atoms with Crippen molar-refractivity contribution in [2.45, 2.75) is 37.8 Å². The summed E-state index contributed by atoms with van der Waals surface area (Å²) < 4.78 is 0. The molecule has 2 fully saturated rings. The number of nitro benzene ring substituents is 1. The predicted molar refractivity (Wildman–Crippen MR) is 74.6 cm³/mol. The van der Waals surface area contributed by atoms with Crippen molar-refractivity contribution in [3.8, 4) is 0 Å². The van der Waals surface area contributed by atoms with E-state index < -0.39 is 4.92 Å². The van der Waals surface area contributed by atoms with Gasteiger partial charge in [0, 0.05) is 30.4 Å². The quantitative estimate of drug-likeness (QED) is 0.672. The average Bonchev–Trinajstić information content (AvgIpc) is 3.25. The zero-order valence-electron chi connectivity index (χ0n) is 11.1. The summed E-state index contributed by atoms with van der Waals surface area (Å²) in [4.78, 5) is 24.4. The minimum atomic E-state index is -0.431. The lowest BCUT2D eigenvalue weighted by Gasteiger charge is -2.32. The van der Waals surface area contributed by atoms with E-state index in [1.54, 1.807) is 17.0 Å². The first kappa shape index (κ1) is 13.1. The molecule has 0 radical (unpaired) electrons. The molecule has 3 rings (SSSR count). The molecular weight excluding hydrogens is 258 g/mol. The first-order valence-electron chi connectivity index (χ1n) is 6.97. The van der Waals surface area contributed by atoms with E-state index >= 15 is 0 Å². The Morgan fingerprint density at radius 3 is 2.50 bits per heavy atom. The summed E-state index contributed by atoms with van der Waals surface area (Å²) in [6.07, 6.45) is 4.13. The fourth-order valence-electron chi connectivity index (χ4n) is 2.58. The normalized spacial score (nSPS) is 22.9. The van der Waals surface area contributed by atoms with Crippen LogP contribution in [-0.2, 0) is 4.79 Å². The minimum Gasteiger partial charge on any atom is -0.311 e. The van der Waals surface area contributed by atoms with E-state index in [1.165, 1.54) is 12.1 Å². The number of amides is 1. The van der Waals surface area contributed by atoms with Crippen molar-refractivity contribution >= 4 is 17.3 Å². The van der Waals surface area contributed by atoms with Crippen molar-refractivity contribution in [1.29, 1.82) is 0 Å². The molecule has 0 bridgehead atoms. The third-order valence-corrected chi connectivity index (χ3v) is 3.83. The number of anilines is 1. The highest BCUT2D eigenvalue weighted by Gasteiger charge is 2.33. The lowest BCUT2D eigenvalue weighted by Crippen LogP contribution is -2.51. The van der Waals surface area contributed by atoms with Gasteiger partial charge < -0.3 is 10.2 Å². The molecule has 1 heterocycles. The van der Waals surface area contributed by atoms with Crippen LogP contribution in [0.1, 0.15) is 25.7 Å². The summed E-state index contributed by atoms with van der Waals surface area (Å²) in [7, 11) is 0. The Morgan fingerprint density at radius 1 is 1.20 bits per heavy atom. The second-order valence-corrected chi connectivity index (χ2v) is 5.40. The molecule has 0 spiro atoms.